The molecule has 4 N–H and O–H groups in total. The van der Waals surface area contributed by atoms with Crippen LogP contribution in [0.25, 0.3) is 11.2 Å². The van der Waals surface area contributed by atoms with Crippen molar-refractivity contribution in [2.45, 2.75) is 88.4 Å². The van der Waals surface area contributed by atoms with Gasteiger partial charge in [-0.25, -0.2) is 9.78 Å². The van der Waals surface area contributed by atoms with Crippen molar-refractivity contribution in [2.75, 3.05) is 23.7 Å². The van der Waals surface area contributed by atoms with Crippen LogP contribution in [0.2, 0.25) is 5.02 Å². The fourth-order valence-corrected chi connectivity index (χ4v) is 6.17. The van der Waals surface area contributed by atoms with Crippen molar-refractivity contribution in [3.8, 4) is 5.75 Å². The van der Waals surface area contributed by atoms with Gasteiger partial charge in [0.2, 0.25) is 5.95 Å². The number of carbonyl (C=O) groups excluding carboxylic acids is 1. The highest BCUT2D eigenvalue weighted by atomic mass is 35.5. The number of nitrogens with one attached hydrogen (secondary N) is 2. The van der Waals surface area contributed by atoms with Crippen molar-refractivity contribution in [1.29, 1.82) is 0 Å². The normalized spacial score (nSPS) is 22.8. The van der Waals surface area contributed by atoms with Crippen molar-refractivity contribution >= 4 is 40.6 Å². The molecule has 2 saturated carbocycles. The van der Waals surface area contributed by atoms with Crippen molar-refractivity contribution in [3.63, 3.8) is 0 Å². The van der Waals surface area contributed by atoms with Gasteiger partial charge in [0.25, 0.3) is 0 Å². The molecule has 0 atom stereocenters. The summed E-state index contributed by atoms with van der Waals surface area (Å²) in [6, 6.07) is 8.05. The van der Waals surface area contributed by atoms with Gasteiger partial charge in [-0.2, -0.15) is 9.97 Å². The van der Waals surface area contributed by atoms with E-state index in [0.717, 1.165) is 68.3 Å². The van der Waals surface area contributed by atoms with Gasteiger partial charge in [-0.15, -0.1) is 0 Å². The van der Waals surface area contributed by atoms with E-state index in [-0.39, 0.29) is 12.1 Å². The van der Waals surface area contributed by atoms with E-state index in [1.165, 1.54) is 12.8 Å². The first-order valence-corrected chi connectivity index (χ1v) is 14.6. The minimum atomic E-state index is -0.339. The summed E-state index contributed by atoms with van der Waals surface area (Å²) in [5.41, 5.74) is 7.82. The molecule has 3 heterocycles. The van der Waals surface area contributed by atoms with E-state index in [2.05, 4.69) is 15.2 Å². The summed E-state index contributed by atoms with van der Waals surface area (Å²) in [5, 5.41) is 7.84. The zero-order chi connectivity index (χ0) is 26.8. The van der Waals surface area contributed by atoms with Crippen LogP contribution in [0.3, 0.4) is 0 Å². The molecule has 2 aromatic heterocycles. The van der Waals surface area contributed by atoms with E-state index in [0.29, 0.717) is 47.9 Å². The van der Waals surface area contributed by atoms with Gasteiger partial charge in [-0.1, -0.05) is 24.4 Å². The molecule has 3 aromatic rings. The van der Waals surface area contributed by atoms with Crippen LogP contribution in [0.4, 0.5) is 16.6 Å². The quantitative estimate of drug-likeness (QED) is 0.374. The van der Waals surface area contributed by atoms with E-state index in [1.807, 2.05) is 6.33 Å². The van der Waals surface area contributed by atoms with Gasteiger partial charge >= 0.3 is 6.09 Å². The Morgan fingerprint density at radius 2 is 1.62 bits per heavy atom. The average molecular weight is 553 g/mol. The molecule has 6 rings (SSSR count). The Morgan fingerprint density at radius 3 is 2.33 bits per heavy atom. The summed E-state index contributed by atoms with van der Waals surface area (Å²) in [6.45, 7) is 1.20. The maximum absolute atomic E-state index is 12.7. The predicted octanol–water partition coefficient (Wildman–Crippen LogP) is 5.35. The topological polar surface area (TPSA) is 123 Å². The Labute approximate surface area is 233 Å². The van der Waals surface area contributed by atoms with E-state index >= 15 is 0 Å². The first-order chi connectivity index (χ1) is 19.0. The average Bonchev–Trinajstić information content (AvgIpc) is 3.62. The molecule has 3 aliphatic rings. The van der Waals surface area contributed by atoms with Gasteiger partial charge in [0.1, 0.15) is 5.75 Å². The van der Waals surface area contributed by atoms with Gasteiger partial charge in [0, 0.05) is 42.3 Å². The van der Waals surface area contributed by atoms with E-state index < -0.39 is 0 Å². The summed E-state index contributed by atoms with van der Waals surface area (Å²) in [5.74, 6) is 1.90. The monoisotopic (exact) mass is 552 g/mol. The number of likely N-dealkylation sites (tertiary alicyclic amines) is 1. The smallest absolute Gasteiger partial charge is 0.410 e. The summed E-state index contributed by atoms with van der Waals surface area (Å²) < 4.78 is 7.77. The summed E-state index contributed by atoms with van der Waals surface area (Å²) in [6.07, 6.45) is 12.1. The predicted molar refractivity (Wildman–Crippen MR) is 152 cm³/mol. The lowest BCUT2D eigenvalue weighted by Gasteiger charge is -2.32. The van der Waals surface area contributed by atoms with Gasteiger partial charge in [-0.05, 0) is 75.6 Å². The Bertz CT molecular complexity index is 1280. The second-order valence-electron chi connectivity index (χ2n) is 11.1. The fourth-order valence-electron chi connectivity index (χ4n) is 6.05. The van der Waals surface area contributed by atoms with E-state index in [1.54, 1.807) is 29.2 Å². The molecule has 208 valence electrons. The molecule has 0 radical (unpaired) electrons. The van der Waals surface area contributed by atoms with Crippen molar-refractivity contribution in [2.24, 2.45) is 5.73 Å². The second kappa shape index (κ2) is 11.6. The molecule has 10 nitrogen and oxygen atoms in total. The molecular formula is C28H37ClN8O2. The summed E-state index contributed by atoms with van der Waals surface area (Å²) in [4.78, 5) is 29.0. The molecule has 1 saturated heterocycles. The molecule has 1 aliphatic heterocycles. The number of fused-ring (bicyclic) bond motifs is 1. The lowest BCUT2D eigenvalue weighted by Crippen LogP contribution is -2.43. The molecular weight excluding hydrogens is 516 g/mol. The van der Waals surface area contributed by atoms with Crippen LogP contribution >= 0.6 is 11.6 Å². The van der Waals surface area contributed by atoms with Gasteiger partial charge in [0.15, 0.2) is 17.0 Å². The maximum Gasteiger partial charge on any atom is 0.415 e. The Morgan fingerprint density at radius 1 is 0.923 bits per heavy atom. The number of halogens is 1. The molecule has 11 heteroatoms. The van der Waals surface area contributed by atoms with Crippen LogP contribution in [0.5, 0.6) is 5.75 Å². The number of ether oxygens (including phenoxy) is 1. The molecule has 0 spiro atoms. The van der Waals surface area contributed by atoms with Gasteiger partial charge in [0.05, 0.1) is 6.33 Å². The number of anilines is 2. The fraction of sp³-hybridized carbons (Fsp3) is 0.571. The van der Waals surface area contributed by atoms with Crippen LogP contribution in [-0.2, 0) is 0 Å². The SMILES string of the molecule is N[C@H]1CC[C@H](Nc2nc(NC3CCN(C(=O)Oc4ccc(Cl)cc4)CC3)c3ncn(C4CCCC4)c3n2)CC1. The van der Waals surface area contributed by atoms with Gasteiger partial charge in [-0.3, -0.25) is 0 Å². The highest BCUT2D eigenvalue weighted by Crippen LogP contribution is 2.34. The van der Waals surface area contributed by atoms with Crippen molar-refractivity contribution in [1.82, 2.24) is 24.4 Å². The highest BCUT2D eigenvalue weighted by molar-refractivity contribution is 6.30. The number of piperidine rings is 1. The highest BCUT2D eigenvalue weighted by Gasteiger charge is 2.27. The Hall–Kier alpha value is -3.11. The molecule has 3 fully saturated rings. The third-order valence-corrected chi connectivity index (χ3v) is 8.61. The van der Waals surface area contributed by atoms with Crippen LogP contribution in [0.15, 0.2) is 30.6 Å². The Kier molecular flexibility index (Phi) is 7.74. The number of aromatic nitrogens is 4. The number of hydrogen-bond donors (Lipinski definition) is 3. The number of rotatable bonds is 6. The lowest BCUT2D eigenvalue weighted by molar-refractivity contribution is 0.140. The summed E-state index contributed by atoms with van der Waals surface area (Å²) in [7, 11) is 0. The second-order valence-corrected chi connectivity index (χ2v) is 11.6. The number of nitrogens with zero attached hydrogens (tertiary/aromatic N) is 5. The van der Waals surface area contributed by atoms with E-state index in [4.69, 9.17) is 37.0 Å². The number of imidazole rings is 1. The minimum absolute atomic E-state index is 0.167. The molecule has 1 amide bonds. The number of hydrogen-bond acceptors (Lipinski definition) is 8. The number of benzene rings is 1. The maximum atomic E-state index is 12.7. The third kappa shape index (κ3) is 6.06. The molecule has 39 heavy (non-hydrogen) atoms. The van der Waals surface area contributed by atoms with Crippen LogP contribution < -0.4 is 21.1 Å². The molecule has 0 unspecified atom stereocenters. The van der Waals surface area contributed by atoms with Crippen molar-refractivity contribution in [3.05, 3.63) is 35.6 Å². The van der Waals surface area contributed by atoms with Crippen LogP contribution in [0, 0.1) is 0 Å². The number of nitrogens with two attached hydrogens (primary N) is 1. The number of carbonyl (C=O) groups is 1. The minimum Gasteiger partial charge on any atom is -0.410 e. The lowest BCUT2D eigenvalue weighted by atomic mass is 9.92. The zero-order valence-corrected chi connectivity index (χ0v) is 22.9. The van der Waals surface area contributed by atoms with Crippen LogP contribution in [0.1, 0.15) is 70.3 Å². The standard InChI is InChI=1S/C28H37ClN8O2/c29-18-5-11-23(12-6-18)39-28(38)36-15-13-21(14-16-36)32-25-24-26(37(17-31-24)22-3-1-2-4-22)35-27(34-25)33-20-9-7-19(30)8-10-20/h5-6,11-12,17,19-22H,1-4,7-10,13-16,30H2,(H2,32,33,34,35)/t19-,20-. The molecule has 0 bridgehead atoms. The first-order valence-electron chi connectivity index (χ1n) is 14.3. The van der Waals surface area contributed by atoms with E-state index in [9.17, 15) is 4.79 Å². The molecule has 1 aromatic carbocycles. The van der Waals surface area contributed by atoms with Crippen molar-refractivity contribution < 1.29 is 9.53 Å². The Balaban J connectivity index is 1.15. The summed E-state index contributed by atoms with van der Waals surface area (Å²) >= 11 is 5.93. The van der Waals surface area contributed by atoms with Crippen LogP contribution in [-0.4, -0.2) is 61.7 Å². The molecule has 2 aliphatic carbocycles. The third-order valence-electron chi connectivity index (χ3n) is 8.36. The zero-order valence-electron chi connectivity index (χ0n) is 22.2. The largest absolute Gasteiger partial charge is 0.415 e. The van der Waals surface area contributed by atoms with Gasteiger partial charge < -0.3 is 30.6 Å². The first kappa shape index (κ1) is 26.1. The number of amides is 1.